The molecule has 0 aromatic heterocycles. The third-order valence-corrected chi connectivity index (χ3v) is 2.04. The number of esters is 1. The van der Waals surface area contributed by atoms with E-state index in [0.29, 0.717) is 0 Å². The number of hydrogen-bond acceptors (Lipinski definition) is 3. The minimum Gasteiger partial charge on any atom is -0.478 e. The van der Waals surface area contributed by atoms with E-state index in [9.17, 15) is 14.0 Å². The zero-order valence-corrected chi connectivity index (χ0v) is 10.9. The molecule has 1 aromatic carbocycles. The Balaban J connectivity index is 2.94. The van der Waals surface area contributed by atoms with Gasteiger partial charge in [-0.2, -0.15) is 0 Å². The lowest BCUT2D eigenvalue weighted by Gasteiger charge is -2.19. The van der Waals surface area contributed by atoms with Crippen LogP contribution in [0.2, 0.25) is 0 Å². The molecule has 0 aliphatic heterocycles. The van der Waals surface area contributed by atoms with Crippen molar-refractivity contribution in [3.63, 3.8) is 0 Å². The average molecular weight is 266 g/mol. The summed E-state index contributed by atoms with van der Waals surface area (Å²) >= 11 is 0. The molecule has 1 aromatic rings. The highest BCUT2D eigenvalue weighted by Gasteiger charge is 2.18. The van der Waals surface area contributed by atoms with Crippen LogP contribution in [0.4, 0.5) is 4.39 Å². The Morgan fingerprint density at radius 3 is 2.42 bits per heavy atom. The maximum atomic E-state index is 13.6. The highest BCUT2D eigenvalue weighted by atomic mass is 19.1. The van der Waals surface area contributed by atoms with Gasteiger partial charge in [-0.15, -0.1) is 0 Å². The number of ether oxygens (including phenoxy) is 1. The van der Waals surface area contributed by atoms with Gasteiger partial charge in [0, 0.05) is 11.6 Å². The number of rotatable bonds is 3. The lowest BCUT2D eigenvalue weighted by molar-refractivity contribution is -0.131. The molecule has 19 heavy (non-hydrogen) atoms. The van der Waals surface area contributed by atoms with Crippen LogP contribution in [0.15, 0.2) is 24.3 Å². The van der Waals surface area contributed by atoms with Crippen molar-refractivity contribution in [2.24, 2.45) is 0 Å². The van der Waals surface area contributed by atoms with Crippen molar-refractivity contribution in [3.8, 4) is 0 Å². The van der Waals surface area contributed by atoms with Gasteiger partial charge in [0.05, 0.1) is 5.56 Å². The molecule has 0 aliphatic carbocycles. The van der Waals surface area contributed by atoms with Gasteiger partial charge in [-0.1, -0.05) is 6.07 Å². The van der Waals surface area contributed by atoms with E-state index in [-0.39, 0.29) is 11.1 Å². The molecule has 0 spiro atoms. The first-order chi connectivity index (χ1) is 8.69. The van der Waals surface area contributed by atoms with Crippen LogP contribution in [-0.4, -0.2) is 22.6 Å². The lowest BCUT2D eigenvalue weighted by Crippen LogP contribution is -2.23. The number of halogens is 1. The first-order valence-corrected chi connectivity index (χ1v) is 5.63. The van der Waals surface area contributed by atoms with Crippen LogP contribution >= 0.6 is 0 Å². The number of aliphatic carboxylic acids is 1. The maximum Gasteiger partial charge on any atom is 0.338 e. The Morgan fingerprint density at radius 2 is 1.95 bits per heavy atom. The van der Waals surface area contributed by atoms with E-state index in [1.54, 1.807) is 20.8 Å². The summed E-state index contributed by atoms with van der Waals surface area (Å²) in [4.78, 5) is 22.0. The van der Waals surface area contributed by atoms with E-state index in [1.807, 2.05) is 0 Å². The topological polar surface area (TPSA) is 63.6 Å². The molecule has 4 nitrogen and oxygen atoms in total. The van der Waals surface area contributed by atoms with Crippen molar-refractivity contribution in [1.29, 1.82) is 0 Å². The molecule has 0 heterocycles. The second kappa shape index (κ2) is 5.65. The molecule has 0 saturated heterocycles. The Kier molecular flexibility index (Phi) is 4.43. The summed E-state index contributed by atoms with van der Waals surface area (Å²) in [5, 5.41) is 8.45. The van der Waals surface area contributed by atoms with Crippen molar-refractivity contribution < 1.29 is 23.8 Å². The van der Waals surface area contributed by atoms with Crippen molar-refractivity contribution in [1.82, 2.24) is 0 Å². The van der Waals surface area contributed by atoms with Crippen LogP contribution in [0.5, 0.6) is 0 Å². The standard InChI is InChI=1S/C14H15FO4/c1-14(2,3)19-13(18)10-5-4-9(11(15)8-10)6-7-12(16)17/h4-8H,1-3H3,(H,16,17)/b7-6+. The molecule has 0 amide bonds. The first-order valence-electron chi connectivity index (χ1n) is 5.63. The molecule has 0 unspecified atom stereocenters. The van der Waals surface area contributed by atoms with Gasteiger partial charge in [0.25, 0.3) is 0 Å². The van der Waals surface area contributed by atoms with Crippen LogP contribution in [-0.2, 0) is 9.53 Å². The molecule has 5 heteroatoms. The van der Waals surface area contributed by atoms with Crippen LogP contribution in [0.25, 0.3) is 6.08 Å². The largest absolute Gasteiger partial charge is 0.478 e. The molecule has 0 aliphatic rings. The predicted molar refractivity (Wildman–Crippen MR) is 68.2 cm³/mol. The fraction of sp³-hybridized carbons (Fsp3) is 0.286. The molecule has 0 atom stereocenters. The Bertz CT molecular complexity index is 527. The van der Waals surface area contributed by atoms with Gasteiger partial charge < -0.3 is 9.84 Å². The molecular formula is C14H15FO4. The number of carboxylic acids is 1. The maximum absolute atomic E-state index is 13.6. The van der Waals surface area contributed by atoms with Crippen LogP contribution in [0.1, 0.15) is 36.7 Å². The van der Waals surface area contributed by atoms with Gasteiger partial charge in [-0.3, -0.25) is 0 Å². The quantitative estimate of drug-likeness (QED) is 0.675. The Labute approximate surface area is 110 Å². The third kappa shape index (κ3) is 4.91. The number of carboxylic acid groups (broad SMARTS) is 1. The molecule has 0 saturated carbocycles. The van der Waals surface area contributed by atoms with Gasteiger partial charge in [0.15, 0.2) is 0 Å². The summed E-state index contributed by atoms with van der Waals surface area (Å²) in [6.45, 7) is 5.14. The van der Waals surface area contributed by atoms with E-state index in [4.69, 9.17) is 9.84 Å². The minimum atomic E-state index is -1.17. The van der Waals surface area contributed by atoms with Gasteiger partial charge in [0.1, 0.15) is 11.4 Å². The van der Waals surface area contributed by atoms with Crippen LogP contribution < -0.4 is 0 Å². The summed E-state index contributed by atoms with van der Waals surface area (Å²) in [5.74, 6) is -2.48. The Hall–Kier alpha value is -2.17. The SMILES string of the molecule is CC(C)(C)OC(=O)c1ccc(/C=C/C(=O)O)c(F)c1. The van der Waals surface area contributed by atoms with Crippen LogP contribution in [0.3, 0.4) is 0 Å². The Morgan fingerprint density at radius 1 is 1.32 bits per heavy atom. The second-order valence-electron chi connectivity index (χ2n) is 4.91. The van der Waals surface area contributed by atoms with Crippen molar-refractivity contribution in [3.05, 3.63) is 41.2 Å². The fourth-order valence-corrected chi connectivity index (χ4v) is 1.29. The summed E-state index contributed by atoms with van der Waals surface area (Å²) < 4.78 is 18.7. The predicted octanol–water partition coefficient (Wildman–Crippen LogP) is 2.88. The summed E-state index contributed by atoms with van der Waals surface area (Å²) in [6.07, 6.45) is 1.95. The molecule has 1 N–H and O–H groups in total. The normalized spacial score (nSPS) is 11.6. The van der Waals surface area contributed by atoms with Crippen molar-refractivity contribution in [2.45, 2.75) is 26.4 Å². The first kappa shape index (κ1) is 14.9. The summed E-state index contributed by atoms with van der Waals surface area (Å²) in [5.41, 5.74) is -0.482. The highest BCUT2D eigenvalue weighted by molar-refractivity contribution is 5.90. The molecule has 0 fully saturated rings. The molecule has 0 radical (unpaired) electrons. The monoisotopic (exact) mass is 266 g/mol. The number of carbonyl (C=O) groups excluding carboxylic acids is 1. The van der Waals surface area contributed by atoms with Crippen molar-refractivity contribution in [2.75, 3.05) is 0 Å². The smallest absolute Gasteiger partial charge is 0.338 e. The summed E-state index contributed by atoms with van der Waals surface area (Å²) in [7, 11) is 0. The van der Waals surface area contributed by atoms with Gasteiger partial charge in [0.2, 0.25) is 0 Å². The molecular weight excluding hydrogens is 251 g/mol. The highest BCUT2D eigenvalue weighted by Crippen LogP contribution is 2.16. The fourth-order valence-electron chi connectivity index (χ4n) is 1.29. The minimum absolute atomic E-state index is 0.0832. The zero-order valence-electron chi connectivity index (χ0n) is 10.9. The van der Waals surface area contributed by atoms with Gasteiger partial charge in [-0.05, 0) is 39.0 Å². The van der Waals surface area contributed by atoms with E-state index in [0.717, 1.165) is 18.2 Å². The number of benzene rings is 1. The third-order valence-electron chi connectivity index (χ3n) is 2.04. The van der Waals surface area contributed by atoms with Crippen molar-refractivity contribution >= 4 is 18.0 Å². The molecule has 102 valence electrons. The van der Waals surface area contributed by atoms with Gasteiger partial charge in [-0.25, -0.2) is 14.0 Å². The number of carbonyl (C=O) groups is 2. The summed E-state index contributed by atoms with van der Waals surface area (Å²) in [6, 6.07) is 3.74. The van der Waals surface area contributed by atoms with E-state index in [2.05, 4.69) is 0 Å². The number of hydrogen-bond donors (Lipinski definition) is 1. The molecule has 0 bridgehead atoms. The van der Waals surface area contributed by atoms with Crippen LogP contribution in [0, 0.1) is 5.82 Å². The molecule has 1 rings (SSSR count). The average Bonchev–Trinajstić information content (AvgIpc) is 2.24. The van der Waals surface area contributed by atoms with Gasteiger partial charge >= 0.3 is 11.9 Å². The lowest BCUT2D eigenvalue weighted by atomic mass is 10.1. The zero-order chi connectivity index (χ0) is 14.6. The van der Waals surface area contributed by atoms with E-state index < -0.39 is 23.4 Å². The second-order valence-corrected chi connectivity index (χ2v) is 4.91. The van der Waals surface area contributed by atoms with E-state index in [1.165, 1.54) is 12.1 Å². The van der Waals surface area contributed by atoms with E-state index >= 15 is 0 Å².